The first-order valence-electron chi connectivity index (χ1n) is 6.11. The molecule has 0 spiro atoms. The summed E-state index contributed by atoms with van der Waals surface area (Å²) in [6.07, 6.45) is 2.20. The number of carbonyl (C=O) groups excluding carboxylic acids is 2. The minimum Gasteiger partial charge on any atom is -0.381 e. The third-order valence-corrected chi connectivity index (χ3v) is 3.61. The van der Waals surface area contributed by atoms with Gasteiger partial charge in [0.2, 0.25) is 5.91 Å². The smallest absolute Gasteiger partial charge is 0.228 e. The number of ether oxygens (including phenoxy) is 1. The molecule has 2 unspecified atom stereocenters. The lowest BCUT2D eigenvalue weighted by Crippen LogP contribution is -2.46. The van der Waals surface area contributed by atoms with E-state index in [0.29, 0.717) is 38.5 Å². The fourth-order valence-corrected chi connectivity index (χ4v) is 2.45. The Morgan fingerprint density at radius 1 is 1.56 bits per heavy atom. The van der Waals surface area contributed by atoms with Crippen LogP contribution in [0.5, 0.6) is 0 Å². The van der Waals surface area contributed by atoms with Gasteiger partial charge in [-0.2, -0.15) is 0 Å². The van der Waals surface area contributed by atoms with Crippen LogP contribution in [0.1, 0.15) is 26.2 Å². The van der Waals surface area contributed by atoms with Crippen molar-refractivity contribution in [2.45, 2.75) is 26.2 Å². The van der Waals surface area contributed by atoms with Gasteiger partial charge in [0.15, 0.2) is 0 Å². The predicted octanol–water partition coefficient (Wildman–Crippen LogP) is 0.850. The molecule has 90 valence electrons. The molecule has 0 saturated carbocycles. The molecular weight excluding hydrogens is 206 g/mol. The van der Waals surface area contributed by atoms with E-state index in [0.717, 1.165) is 12.8 Å². The van der Waals surface area contributed by atoms with Crippen molar-refractivity contribution in [3.63, 3.8) is 0 Å². The number of rotatable bonds is 2. The summed E-state index contributed by atoms with van der Waals surface area (Å²) in [5, 5.41) is 0. The Labute approximate surface area is 95.9 Å². The highest BCUT2D eigenvalue weighted by atomic mass is 16.5. The minimum atomic E-state index is 0.0331. The summed E-state index contributed by atoms with van der Waals surface area (Å²) in [7, 11) is 0. The Bertz CT molecular complexity index is 284. The van der Waals surface area contributed by atoms with E-state index >= 15 is 0 Å². The summed E-state index contributed by atoms with van der Waals surface area (Å²) in [5.41, 5.74) is 0. The van der Waals surface area contributed by atoms with Crippen LogP contribution in [-0.2, 0) is 14.3 Å². The minimum absolute atomic E-state index is 0.0331. The monoisotopic (exact) mass is 225 g/mol. The maximum atomic E-state index is 12.1. The number of hydrogen-bond acceptors (Lipinski definition) is 3. The average molecular weight is 225 g/mol. The van der Waals surface area contributed by atoms with Gasteiger partial charge >= 0.3 is 0 Å². The van der Waals surface area contributed by atoms with E-state index in [9.17, 15) is 9.59 Å². The van der Waals surface area contributed by atoms with Crippen molar-refractivity contribution in [2.75, 3.05) is 26.3 Å². The number of carbonyl (C=O) groups is 2. The molecule has 0 aromatic carbocycles. The van der Waals surface area contributed by atoms with Crippen LogP contribution in [0.4, 0.5) is 0 Å². The van der Waals surface area contributed by atoms with Crippen LogP contribution < -0.4 is 0 Å². The topological polar surface area (TPSA) is 46.6 Å². The molecule has 0 radical (unpaired) electrons. The van der Waals surface area contributed by atoms with Gasteiger partial charge in [0.25, 0.3) is 0 Å². The van der Waals surface area contributed by atoms with Crippen molar-refractivity contribution in [1.82, 2.24) is 4.90 Å². The molecule has 2 aliphatic rings. The maximum absolute atomic E-state index is 12.1. The molecular formula is C12H19NO3. The summed E-state index contributed by atoms with van der Waals surface area (Å²) in [6.45, 7) is 4.48. The van der Waals surface area contributed by atoms with Gasteiger partial charge in [0.1, 0.15) is 5.78 Å². The summed E-state index contributed by atoms with van der Waals surface area (Å²) < 4.78 is 5.23. The highest BCUT2D eigenvalue weighted by Gasteiger charge is 2.33. The van der Waals surface area contributed by atoms with Gasteiger partial charge < -0.3 is 9.64 Å². The van der Waals surface area contributed by atoms with Gasteiger partial charge in [-0.3, -0.25) is 9.59 Å². The molecule has 4 heteroatoms. The van der Waals surface area contributed by atoms with Gasteiger partial charge in [-0.25, -0.2) is 0 Å². The van der Waals surface area contributed by atoms with Crippen LogP contribution >= 0.6 is 0 Å². The lowest BCUT2D eigenvalue weighted by Gasteiger charge is -2.32. The third kappa shape index (κ3) is 2.26. The van der Waals surface area contributed by atoms with E-state index < -0.39 is 0 Å². The highest BCUT2D eigenvalue weighted by molar-refractivity contribution is 5.86. The molecule has 16 heavy (non-hydrogen) atoms. The third-order valence-electron chi connectivity index (χ3n) is 3.61. The normalized spacial score (nSPS) is 30.8. The van der Waals surface area contributed by atoms with Gasteiger partial charge in [-0.1, -0.05) is 6.92 Å². The highest BCUT2D eigenvalue weighted by Crippen LogP contribution is 2.21. The molecule has 2 rings (SSSR count). The zero-order valence-corrected chi connectivity index (χ0v) is 9.78. The maximum Gasteiger partial charge on any atom is 0.228 e. The zero-order valence-electron chi connectivity index (χ0n) is 9.78. The quantitative estimate of drug-likeness (QED) is 0.700. The summed E-state index contributed by atoms with van der Waals surface area (Å²) in [5.74, 6) is 0.586. The number of hydrogen-bond donors (Lipinski definition) is 0. The van der Waals surface area contributed by atoms with E-state index in [2.05, 4.69) is 0 Å². The molecule has 1 amide bonds. The molecule has 0 aromatic rings. The van der Waals surface area contributed by atoms with Gasteiger partial charge in [0.05, 0.1) is 12.5 Å². The Balaban J connectivity index is 1.94. The van der Waals surface area contributed by atoms with Crippen LogP contribution in [0, 0.1) is 11.8 Å². The average Bonchev–Trinajstić information content (AvgIpc) is 2.82. The van der Waals surface area contributed by atoms with Crippen molar-refractivity contribution in [3.05, 3.63) is 0 Å². The molecule has 4 nitrogen and oxygen atoms in total. The Morgan fingerprint density at radius 3 is 3.00 bits per heavy atom. The lowest BCUT2D eigenvalue weighted by molar-refractivity contribution is -0.140. The number of piperidine rings is 1. The second kappa shape index (κ2) is 4.95. The first-order chi connectivity index (χ1) is 7.72. The molecule has 0 aromatic heterocycles. The molecule has 2 aliphatic heterocycles. The second-order valence-electron chi connectivity index (χ2n) is 4.67. The number of likely N-dealkylation sites (tertiary alicyclic amines) is 1. The van der Waals surface area contributed by atoms with E-state index in [4.69, 9.17) is 4.74 Å². The van der Waals surface area contributed by atoms with Crippen LogP contribution in [-0.4, -0.2) is 42.9 Å². The van der Waals surface area contributed by atoms with E-state index in [-0.39, 0.29) is 17.7 Å². The number of ketones is 1. The predicted molar refractivity (Wildman–Crippen MR) is 58.9 cm³/mol. The fourth-order valence-electron chi connectivity index (χ4n) is 2.45. The first-order valence-corrected chi connectivity index (χ1v) is 6.11. The number of amides is 1. The fraction of sp³-hybridized carbons (Fsp3) is 0.833. The van der Waals surface area contributed by atoms with E-state index in [1.54, 1.807) is 0 Å². The largest absolute Gasteiger partial charge is 0.381 e. The first kappa shape index (κ1) is 11.6. The van der Waals surface area contributed by atoms with E-state index in [1.807, 2.05) is 11.8 Å². The Morgan fingerprint density at radius 2 is 2.38 bits per heavy atom. The van der Waals surface area contributed by atoms with Crippen LogP contribution in [0.25, 0.3) is 0 Å². The SMILES string of the molecule is CCC1CN(C(=O)C2CCOC2)CCC1=O. The standard InChI is InChI=1S/C12H19NO3/c1-2-9-7-13(5-3-11(9)14)12(15)10-4-6-16-8-10/h9-10H,2-8H2,1H3. The molecule has 2 fully saturated rings. The van der Waals surface area contributed by atoms with Gasteiger partial charge in [-0.15, -0.1) is 0 Å². The van der Waals surface area contributed by atoms with Crippen molar-refractivity contribution < 1.29 is 14.3 Å². The summed E-state index contributed by atoms with van der Waals surface area (Å²) in [4.78, 5) is 25.5. The summed E-state index contributed by atoms with van der Waals surface area (Å²) >= 11 is 0. The van der Waals surface area contributed by atoms with Crippen molar-refractivity contribution in [3.8, 4) is 0 Å². The van der Waals surface area contributed by atoms with Crippen molar-refractivity contribution in [1.29, 1.82) is 0 Å². The van der Waals surface area contributed by atoms with Gasteiger partial charge in [0, 0.05) is 32.0 Å². The molecule has 2 heterocycles. The molecule has 2 saturated heterocycles. The molecule has 0 aliphatic carbocycles. The number of nitrogens with zero attached hydrogens (tertiary/aromatic N) is 1. The van der Waals surface area contributed by atoms with E-state index in [1.165, 1.54) is 0 Å². The second-order valence-corrected chi connectivity index (χ2v) is 4.67. The van der Waals surface area contributed by atoms with Gasteiger partial charge in [-0.05, 0) is 12.8 Å². The van der Waals surface area contributed by atoms with Crippen molar-refractivity contribution >= 4 is 11.7 Å². The van der Waals surface area contributed by atoms with Crippen molar-refractivity contribution in [2.24, 2.45) is 11.8 Å². The van der Waals surface area contributed by atoms with Crippen LogP contribution in [0.15, 0.2) is 0 Å². The van der Waals surface area contributed by atoms with Crippen LogP contribution in [0.2, 0.25) is 0 Å². The lowest BCUT2D eigenvalue weighted by atomic mass is 9.93. The Hall–Kier alpha value is -0.900. The molecule has 0 N–H and O–H groups in total. The zero-order chi connectivity index (χ0) is 11.5. The summed E-state index contributed by atoms with van der Waals surface area (Å²) in [6, 6.07) is 0. The molecule has 2 atom stereocenters. The number of Topliss-reactive ketones (excluding diaryl/α,β-unsaturated/α-hetero) is 1. The Kier molecular flexibility index (Phi) is 3.59. The molecule has 0 bridgehead atoms. The van der Waals surface area contributed by atoms with Crippen LogP contribution in [0.3, 0.4) is 0 Å².